The van der Waals surface area contributed by atoms with Crippen LogP contribution in [0.25, 0.3) is 10.8 Å². The highest BCUT2D eigenvalue weighted by Gasteiger charge is 2.21. The monoisotopic (exact) mass is 363 g/mol. The summed E-state index contributed by atoms with van der Waals surface area (Å²) in [5.41, 5.74) is 0.637. The molecule has 22 heavy (non-hydrogen) atoms. The standard InChI is InChI=1S/C18H22BrNO2/c1-5-20(17(21)22-18(2,3)4)12-13-10-11-16(19)15-9-7-6-8-14(13)15/h6-11H,5,12H2,1-4H3. The Morgan fingerprint density at radius 1 is 1.14 bits per heavy atom. The highest BCUT2D eigenvalue weighted by Crippen LogP contribution is 2.27. The molecule has 0 aliphatic carbocycles. The van der Waals surface area contributed by atoms with E-state index in [1.54, 1.807) is 4.90 Å². The summed E-state index contributed by atoms with van der Waals surface area (Å²) in [6, 6.07) is 12.3. The second kappa shape index (κ2) is 6.69. The molecule has 0 fully saturated rings. The number of hydrogen-bond donors (Lipinski definition) is 0. The van der Waals surface area contributed by atoms with Gasteiger partial charge in [-0.3, -0.25) is 0 Å². The van der Waals surface area contributed by atoms with Crippen molar-refractivity contribution in [3.05, 3.63) is 46.4 Å². The molecule has 0 aliphatic heterocycles. The number of rotatable bonds is 3. The first-order chi connectivity index (χ1) is 10.3. The van der Waals surface area contributed by atoms with Crippen LogP contribution in [0, 0.1) is 0 Å². The summed E-state index contributed by atoms with van der Waals surface area (Å²) < 4.78 is 6.54. The van der Waals surface area contributed by atoms with Crippen LogP contribution in [0.15, 0.2) is 40.9 Å². The highest BCUT2D eigenvalue weighted by molar-refractivity contribution is 9.10. The quantitative estimate of drug-likeness (QED) is 0.734. The van der Waals surface area contributed by atoms with E-state index < -0.39 is 5.60 Å². The van der Waals surface area contributed by atoms with Crippen LogP contribution in [0.2, 0.25) is 0 Å². The van der Waals surface area contributed by atoms with Crippen molar-refractivity contribution in [1.29, 1.82) is 0 Å². The normalized spacial score (nSPS) is 11.5. The molecular formula is C18H22BrNO2. The lowest BCUT2D eigenvalue weighted by molar-refractivity contribution is 0.0245. The Bertz CT molecular complexity index is 676. The topological polar surface area (TPSA) is 29.5 Å². The maximum Gasteiger partial charge on any atom is 0.410 e. The molecule has 0 spiro atoms. The molecule has 2 rings (SSSR count). The molecule has 0 N–H and O–H groups in total. The van der Waals surface area contributed by atoms with E-state index in [2.05, 4.69) is 34.1 Å². The molecule has 0 saturated heterocycles. The molecule has 0 bridgehead atoms. The Morgan fingerprint density at radius 2 is 1.77 bits per heavy atom. The van der Waals surface area contributed by atoms with Gasteiger partial charge in [0, 0.05) is 17.6 Å². The Hall–Kier alpha value is -1.55. The number of halogens is 1. The van der Waals surface area contributed by atoms with E-state index in [0.717, 1.165) is 20.8 Å². The van der Waals surface area contributed by atoms with E-state index in [4.69, 9.17) is 4.74 Å². The highest BCUT2D eigenvalue weighted by atomic mass is 79.9. The van der Waals surface area contributed by atoms with E-state index in [1.807, 2.05) is 45.9 Å². The van der Waals surface area contributed by atoms with Gasteiger partial charge in [-0.15, -0.1) is 0 Å². The molecule has 0 aliphatic rings. The predicted molar refractivity (Wildman–Crippen MR) is 94.0 cm³/mol. The second-order valence-corrected chi connectivity index (χ2v) is 7.10. The van der Waals surface area contributed by atoms with Crippen molar-refractivity contribution in [3.8, 4) is 0 Å². The zero-order chi connectivity index (χ0) is 16.3. The molecular weight excluding hydrogens is 342 g/mol. The second-order valence-electron chi connectivity index (χ2n) is 6.25. The summed E-state index contributed by atoms with van der Waals surface area (Å²) in [6.45, 7) is 8.76. The maximum absolute atomic E-state index is 12.3. The Balaban J connectivity index is 2.29. The van der Waals surface area contributed by atoms with Crippen molar-refractivity contribution in [2.24, 2.45) is 0 Å². The first-order valence-corrected chi connectivity index (χ1v) is 8.25. The lowest BCUT2D eigenvalue weighted by Gasteiger charge is -2.27. The number of nitrogens with zero attached hydrogens (tertiary/aromatic N) is 1. The van der Waals surface area contributed by atoms with Gasteiger partial charge < -0.3 is 9.64 Å². The van der Waals surface area contributed by atoms with Crippen LogP contribution in [-0.2, 0) is 11.3 Å². The van der Waals surface area contributed by atoms with Crippen LogP contribution in [0.4, 0.5) is 4.79 Å². The van der Waals surface area contributed by atoms with Crippen molar-refractivity contribution >= 4 is 32.8 Å². The molecule has 2 aromatic rings. The van der Waals surface area contributed by atoms with Gasteiger partial charge in [-0.05, 0) is 50.1 Å². The van der Waals surface area contributed by atoms with Gasteiger partial charge in [-0.2, -0.15) is 0 Å². The first-order valence-electron chi connectivity index (χ1n) is 7.46. The van der Waals surface area contributed by atoms with Gasteiger partial charge in [-0.25, -0.2) is 4.79 Å². The number of benzene rings is 2. The number of carbonyl (C=O) groups is 1. The van der Waals surface area contributed by atoms with Crippen LogP contribution in [0.3, 0.4) is 0 Å². The zero-order valence-corrected chi connectivity index (χ0v) is 15.1. The summed E-state index contributed by atoms with van der Waals surface area (Å²) >= 11 is 3.58. The van der Waals surface area contributed by atoms with Gasteiger partial charge in [0.2, 0.25) is 0 Å². The minimum Gasteiger partial charge on any atom is -0.444 e. The van der Waals surface area contributed by atoms with E-state index in [-0.39, 0.29) is 6.09 Å². The third-order valence-corrected chi connectivity index (χ3v) is 4.05. The van der Waals surface area contributed by atoms with Crippen LogP contribution in [0.1, 0.15) is 33.3 Å². The first kappa shape index (κ1) is 16.8. The molecule has 0 aromatic heterocycles. The fraction of sp³-hybridized carbons (Fsp3) is 0.389. The average Bonchev–Trinajstić information content (AvgIpc) is 2.45. The fourth-order valence-electron chi connectivity index (χ4n) is 2.30. The van der Waals surface area contributed by atoms with Crippen molar-refractivity contribution in [2.75, 3.05) is 6.54 Å². The fourth-order valence-corrected chi connectivity index (χ4v) is 2.78. The van der Waals surface area contributed by atoms with Crippen LogP contribution >= 0.6 is 15.9 Å². The molecule has 0 unspecified atom stereocenters. The SMILES string of the molecule is CCN(Cc1ccc(Br)c2ccccc12)C(=O)OC(C)(C)C. The average molecular weight is 364 g/mol. The minimum atomic E-state index is -0.480. The third kappa shape index (κ3) is 4.01. The molecule has 4 heteroatoms. The smallest absolute Gasteiger partial charge is 0.410 e. The Kier molecular flexibility index (Phi) is 5.12. The molecule has 2 aromatic carbocycles. The summed E-state index contributed by atoms with van der Waals surface area (Å²) in [5, 5.41) is 2.30. The van der Waals surface area contributed by atoms with Crippen molar-refractivity contribution < 1.29 is 9.53 Å². The van der Waals surface area contributed by atoms with Crippen molar-refractivity contribution in [1.82, 2.24) is 4.90 Å². The number of carbonyl (C=O) groups excluding carboxylic acids is 1. The molecule has 0 saturated carbocycles. The molecule has 3 nitrogen and oxygen atoms in total. The minimum absolute atomic E-state index is 0.276. The third-order valence-electron chi connectivity index (χ3n) is 3.36. The van der Waals surface area contributed by atoms with E-state index in [1.165, 1.54) is 0 Å². The predicted octanol–water partition coefficient (Wildman–Crippen LogP) is 5.36. The van der Waals surface area contributed by atoms with Gasteiger partial charge in [0.05, 0.1) is 0 Å². The van der Waals surface area contributed by atoms with Crippen LogP contribution in [-0.4, -0.2) is 23.1 Å². The summed E-state index contributed by atoms with van der Waals surface area (Å²) in [7, 11) is 0. The summed E-state index contributed by atoms with van der Waals surface area (Å²) in [5.74, 6) is 0. The lowest BCUT2D eigenvalue weighted by Crippen LogP contribution is -2.36. The molecule has 0 atom stereocenters. The number of fused-ring (bicyclic) bond motifs is 1. The summed E-state index contributed by atoms with van der Waals surface area (Å²) in [6.07, 6.45) is -0.276. The lowest BCUT2D eigenvalue weighted by atomic mass is 10.0. The Labute approximate surface area is 140 Å². The van der Waals surface area contributed by atoms with Gasteiger partial charge in [0.1, 0.15) is 5.60 Å². The van der Waals surface area contributed by atoms with Crippen LogP contribution in [0.5, 0.6) is 0 Å². The maximum atomic E-state index is 12.3. The number of amides is 1. The molecule has 118 valence electrons. The number of ether oxygens (including phenoxy) is 1. The van der Waals surface area contributed by atoms with Crippen molar-refractivity contribution in [2.45, 2.75) is 39.8 Å². The summed E-state index contributed by atoms with van der Waals surface area (Å²) in [4.78, 5) is 14.0. The number of hydrogen-bond acceptors (Lipinski definition) is 2. The van der Waals surface area contributed by atoms with Gasteiger partial charge >= 0.3 is 6.09 Å². The molecule has 0 radical (unpaired) electrons. The Morgan fingerprint density at radius 3 is 2.36 bits per heavy atom. The largest absolute Gasteiger partial charge is 0.444 e. The van der Waals surface area contributed by atoms with Gasteiger partial charge in [0.15, 0.2) is 0 Å². The van der Waals surface area contributed by atoms with E-state index >= 15 is 0 Å². The van der Waals surface area contributed by atoms with Gasteiger partial charge in [0.25, 0.3) is 0 Å². The molecule has 1 amide bonds. The van der Waals surface area contributed by atoms with Gasteiger partial charge in [-0.1, -0.05) is 46.3 Å². The van der Waals surface area contributed by atoms with Crippen LogP contribution < -0.4 is 0 Å². The zero-order valence-electron chi connectivity index (χ0n) is 13.5. The van der Waals surface area contributed by atoms with E-state index in [0.29, 0.717) is 13.1 Å². The van der Waals surface area contributed by atoms with E-state index in [9.17, 15) is 4.79 Å². The van der Waals surface area contributed by atoms with Crippen molar-refractivity contribution in [3.63, 3.8) is 0 Å². The molecule has 0 heterocycles.